The van der Waals surface area contributed by atoms with Crippen molar-refractivity contribution in [2.75, 3.05) is 13.4 Å². The number of allylic oxidation sites excluding steroid dienone is 1. The lowest BCUT2D eigenvalue weighted by Crippen LogP contribution is -2.31. The topological polar surface area (TPSA) is 152 Å². The molecule has 11 nitrogen and oxygen atoms in total. The Balaban J connectivity index is 0.820. The summed E-state index contributed by atoms with van der Waals surface area (Å²) in [6, 6.07) is 29.0. The predicted molar refractivity (Wildman–Crippen MR) is 198 cm³/mol. The van der Waals surface area contributed by atoms with Crippen molar-refractivity contribution < 1.29 is 52.8 Å². The molecule has 2 heterocycles. The van der Waals surface area contributed by atoms with Gasteiger partial charge in [-0.05, 0) is 96.3 Å². The number of benzene rings is 4. The quantitative estimate of drug-likeness (QED) is 0.0314. The van der Waals surface area contributed by atoms with Crippen LogP contribution >= 0.6 is 0 Å². The number of ketones is 1. The first-order chi connectivity index (χ1) is 26.7. The lowest BCUT2D eigenvalue weighted by Gasteiger charge is -2.33. The summed E-state index contributed by atoms with van der Waals surface area (Å²) in [4.78, 5) is 61.6. The molecule has 0 saturated carbocycles. The van der Waals surface area contributed by atoms with Gasteiger partial charge in [-0.2, -0.15) is 0 Å². The number of cyclic esters (lactones) is 4. The Morgan fingerprint density at radius 1 is 0.709 bits per heavy atom. The largest absolute Gasteiger partial charge is 0.494 e. The molecule has 55 heavy (non-hydrogen) atoms. The maximum Gasteiger partial charge on any atom is 0.321 e. The first kappa shape index (κ1) is 37.3. The number of hydrogen-bond donors (Lipinski definition) is 1. The second-order valence-electron chi connectivity index (χ2n) is 13.9. The van der Waals surface area contributed by atoms with Gasteiger partial charge in [0.25, 0.3) is 0 Å². The summed E-state index contributed by atoms with van der Waals surface area (Å²) in [5.74, 6) is -3.40. The summed E-state index contributed by atoms with van der Waals surface area (Å²) >= 11 is 0. The molecule has 0 amide bonds. The molecule has 1 aliphatic carbocycles. The minimum absolute atomic E-state index is 0.00397. The van der Waals surface area contributed by atoms with Crippen molar-refractivity contribution >= 4 is 35.7 Å². The fourth-order valence-electron chi connectivity index (χ4n) is 7.42. The van der Waals surface area contributed by atoms with Crippen LogP contribution in [0.15, 0.2) is 103 Å². The summed E-state index contributed by atoms with van der Waals surface area (Å²) in [5.41, 5.74) is 3.60. The van der Waals surface area contributed by atoms with E-state index in [1.165, 1.54) is 0 Å². The number of unbranched alkanes of at least 4 members (excludes halogenated alkanes) is 2. The molecule has 4 aromatic rings. The van der Waals surface area contributed by atoms with E-state index in [-0.39, 0.29) is 25.4 Å². The molecule has 3 aliphatic rings. The van der Waals surface area contributed by atoms with E-state index in [2.05, 4.69) is 0 Å². The summed E-state index contributed by atoms with van der Waals surface area (Å²) in [6.07, 6.45) is 5.72. The van der Waals surface area contributed by atoms with Crippen LogP contribution < -0.4 is 14.2 Å². The van der Waals surface area contributed by atoms with Gasteiger partial charge in [-0.3, -0.25) is 24.0 Å². The van der Waals surface area contributed by atoms with Crippen molar-refractivity contribution in [3.63, 3.8) is 0 Å². The van der Waals surface area contributed by atoms with E-state index >= 15 is 0 Å². The van der Waals surface area contributed by atoms with Crippen molar-refractivity contribution in [2.24, 2.45) is 11.8 Å². The fraction of sp³-hybridized carbons (Fsp3) is 0.295. The number of fused-ring (bicyclic) bond motifs is 3. The smallest absolute Gasteiger partial charge is 0.321 e. The van der Waals surface area contributed by atoms with E-state index in [9.17, 15) is 29.1 Å². The van der Waals surface area contributed by atoms with Crippen LogP contribution in [-0.2, 0) is 28.7 Å². The molecular formula is C44H40O11. The highest BCUT2D eigenvalue weighted by Crippen LogP contribution is 2.51. The number of carbonyl (C=O) groups is 5. The highest BCUT2D eigenvalue weighted by Gasteiger charge is 2.53. The summed E-state index contributed by atoms with van der Waals surface area (Å²) < 4.78 is 27.2. The van der Waals surface area contributed by atoms with Crippen LogP contribution in [0.25, 0.3) is 6.08 Å². The van der Waals surface area contributed by atoms with E-state index < -0.39 is 53.7 Å². The van der Waals surface area contributed by atoms with Crippen LogP contribution in [0.1, 0.15) is 89.1 Å². The van der Waals surface area contributed by atoms with Crippen LogP contribution in [0.5, 0.6) is 17.2 Å². The van der Waals surface area contributed by atoms with Gasteiger partial charge in [-0.1, -0.05) is 73.2 Å². The number of aliphatic hydroxyl groups excluding tert-OH is 1. The van der Waals surface area contributed by atoms with Crippen LogP contribution in [0.3, 0.4) is 0 Å². The molecule has 282 valence electrons. The number of rotatable bonds is 16. The molecule has 2 saturated heterocycles. The van der Waals surface area contributed by atoms with Crippen LogP contribution in [0.4, 0.5) is 0 Å². The number of ether oxygens (including phenoxy) is 5. The molecule has 0 spiro atoms. The van der Waals surface area contributed by atoms with Crippen molar-refractivity contribution in [2.45, 2.75) is 56.5 Å². The maximum absolute atomic E-state index is 12.6. The molecule has 5 atom stereocenters. The van der Waals surface area contributed by atoms with Crippen molar-refractivity contribution in [3.05, 3.63) is 131 Å². The van der Waals surface area contributed by atoms with E-state index in [4.69, 9.17) is 23.7 Å². The molecule has 0 bridgehead atoms. The first-order valence-electron chi connectivity index (χ1n) is 18.4. The Kier molecular flexibility index (Phi) is 11.5. The Hall–Kier alpha value is -6.07. The third-order valence-corrected chi connectivity index (χ3v) is 10.3. The van der Waals surface area contributed by atoms with Crippen LogP contribution in [-0.4, -0.2) is 48.2 Å². The molecule has 0 aromatic heterocycles. The average molecular weight is 745 g/mol. The number of aliphatic hydroxyl groups is 1. The van der Waals surface area contributed by atoms with Crippen LogP contribution in [0, 0.1) is 11.8 Å². The van der Waals surface area contributed by atoms with Gasteiger partial charge in [-0.15, -0.1) is 0 Å². The molecule has 2 aliphatic heterocycles. The highest BCUT2D eigenvalue weighted by atomic mass is 16.7. The third-order valence-electron chi connectivity index (χ3n) is 10.3. The summed E-state index contributed by atoms with van der Waals surface area (Å²) in [6.45, 7) is 0.411. The Morgan fingerprint density at radius 2 is 1.40 bits per heavy atom. The molecule has 1 N–H and O–H groups in total. The number of carbonyl (C=O) groups excluding carboxylic acids is 5. The monoisotopic (exact) mass is 744 g/mol. The predicted octanol–water partition coefficient (Wildman–Crippen LogP) is 7.03. The number of esters is 4. The van der Waals surface area contributed by atoms with E-state index in [0.717, 1.165) is 36.0 Å². The fourth-order valence-corrected chi connectivity index (χ4v) is 7.42. The second kappa shape index (κ2) is 16.9. The normalized spacial score (nSPS) is 20.7. The highest BCUT2D eigenvalue weighted by molar-refractivity contribution is 6.06. The van der Waals surface area contributed by atoms with Gasteiger partial charge in [0.1, 0.15) is 17.2 Å². The average Bonchev–Trinajstić information content (AvgIpc) is 3.70. The first-order valence-corrected chi connectivity index (χ1v) is 18.4. The third kappa shape index (κ3) is 8.84. The van der Waals surface area contributed by atoms with Crippen molar-refractivity contribution in [1.82, 2.24) is 0 Å². The van der Waals surface area contributed by atoms with Crippen LogP contribution in [0.2, 0.25) is 0 Å². The second-order valence-corrected chi connectivity index (χ2v) is 13.9. The molecule has 0 radical (unpaired) electrons. The lowest BCUT2D eigenvalue weighted by atomic mass is 9.67. The number of hydrogen-bond acceptors (Lipinski definition) is 11. The van der Waals surface area contributed by atoms with Gasteiger partial charge in [0.05, 0.1) is 36.9 Å². The lowest BCUT2D eigenvalue weighted by molar-refractivity contribution is -0.155. The molecule has 2 fully saturated rings. The minimum Gasteiger partial charge on any atom is -0.494 e. The standard InChI is InChI=1S/C44H40O11/c45-38(29-13-17-31(18-14-29)53-26-52-30-15-10-27(11-16-30)12-21-39(46)28-7-3-1-4-8-28)9-5-2-6-22-51-32-19-20-33-34(36-25-40(47)54-42(36)48)24-37-41(35(33)23-32)44(50)55-43(37)49/h1,3-4,7-8,10-21,23,34,36-38,41,45H,2,5-6,9,22,24-26H2. The summed E-state index contributed by atoms with van der Waals surface area (Å²) in [7, 11) is 0. The van der Waals surface area contributed by atoms with E-state index in [1.807, 2.05) is 42.5 Å². The zero-order valence-corrected chi connectivity index (χ0v) is 30.0. The zero-order valence-electron chi connectivity index (χ0n) is 30.0. The van der Waals surface area contributed by atoms with Crippen molar-refractivity contribution in [1.29, 1.82) is 0 Å². The van der Waals surface area contributed by atoms with Crippen molar-refractivity contribution in [3.8, 4) is 17.2 Å². The maximum atomic E-state index is 12.6. The van der Waals surface area contributed by atoms with Gasteiger partial charge >= 0.3 is 23.9 Å². The molecule has 4 aromatic carbocycles. The van der Waals surface area contributed by atoms with E-state index in [1.54, 1.807) is 66.7 Å². The molecule has 11 heteroatoms. The Morgan fingerprint density at radius 3 is 2.11 bits per heavy atom. The van der Waals surface area contributed by atoms with Gasteiger partial charge in [0.2, 0.25) is 6.79 Å². The molecule has 5 unspecified atom stereocenters. The summed E-state index contributed by atoms with van der Waals surface area (Å²) in [5, 5.41) is 10.7. The van der Waals surface area contributed by atoms with Gasteiger partial charge in [0.15, 0.2) is 5.78 Å². The Labute approximate surface area is 317 Å². The molecule has 7 rings (SSSR count). The SMILES string of the molecule is O=C1CC(C2CC3C(=O)OC(=O)C3c3cc(OCCCCCC(O)c4ccc(OCOc5ccc(C=CC(=O)c6ccccc6)cc5)cc4)ccc32)C(=O)O1. The minimum atomic E-state index is -0.775. The molecular weight excluding hydrogens is 704 g/mol. The van der Waals surface area contributed by atoms with E-state index in [0.29, 0.717) is 41.4 Å². The Bertz CT molecular complexity index is 2070. The zero-order chi connectivity index (χ0) is 38.3. The van der Waals surface area contributed by atoms with Gasteiger partial charge < -0.3 is 28.8 Å². The van der Waals surface area contributed by atoms with Gasteiger partial charge in [0, 0.05) is 5.56 Å². The van der Waals surface area contributed by atoms with Gasteiger partial charge in [-0.25, -0.2) is 0 Å².